The minimum absolute atomic E-state index is 0.0170. The topological polar surface area (TPSA) is 97.0 Å². The molecule has 2 aromatic carbocycles. The number of rotatable bonds is 7. The van der Waals surface area contributed by atoms with Gasteiger partial charge in [-0.2, -0.15) is 0 Å². The smallest absolute Gasteiger partial charge is 0.279 e. The number of carbonyl (C=O) groups is 3. The lowest BCUT2D eigenvalue weighted by Crippen LogP contribution is -2.47. The van der Waals surface area contributed by atoms with Crippen LogP contribution in [0.1, 0.15) is 37.0 Å². The number of ether oxygens (including phenoxy) is 2. The van der Waals surface area contributed by atoms with E-state index in [-0.39, 0.29) is 5.91 Å². The van der Waals surface area contributed by atoms with E-state index in [1.165, 1.54) is 0 Å². The zero-order chi connectivity index (χ0) is 21.5. The van der Waals surface area contributed by atoms with Crippen molar-refractivity contribution in [1.82, 2.24) is 10.9 Å². The van der Waals surface area contributed by atoms with E-state index in [4.69, 9.17) is 9.47 Å². The number of nitrogens with zero attached hydrogens (tertiary/aromatic N) is 1. The van der Waals surface area contributed by atoms with Crippen LogP contribution >= 0.6 is 0 Å². The van der Waals surface area contributed by atoms with E-state index in [1.54, 1.807) is 60.4 Å². The monoisotopic (exact) mass is 411 g/mol. The third kappa shape index (κ3) is 5.08. The van der Waals surface area contributed by atoms with E-state index >= 15 is 0 Å². The molecule has 0 aliphatic carbocycles. The van der Waals surface area contributed by atoms with Crippen molar-refractivity contribution in [3.05, 3.63) is 54.1 Å². The molecule has 8 heteroatoms. The summed E-state index contributed by atoms with van der Waals surface area (Å²) in [6.07, 6.45) is 0.387. The first kappa shape index (κ1) is 21.2. The molecule has 1 atom stereocenters. The fourth-order valence-corrected chi connectivity index (χ4v) is 3.13. The second-order valence-electron chi connectivity index (χ2n) is 6.77. The van der Waals surface area contributed by atoms with Gasteiger partial charge < -0.3 is 14.4 Å². The number of para-hydroxylation sites is 1. The highest BCUT2D eigenvalue weighted by molar-refractivity contribution is 6.05. The van der Waals surface area contributed by atoms with Crippen LogP contribution in [-0.4, -0.2) is 37.0 Å². The Labute approximate surface area is 175 Å². The maximum atomic E-state index is 12.6. The molecular formula is C22H25N3O5. The molecule has 1 aliphatic rings. The Hall–Kier alpha value is -3.55. The molecule has 1 saturated heterocycles. The molecule has 2 aromatic rings. The SMILES string of the molecule is CCOc1ccc(O[C@@H](C)C(=O)NNC(=O)c2ccccc2N2CCCC2=O)cc1. The molecule has 2 N–H and O–H groups in total. The fourth-order valence-electron chi connectivity index (χ4n) is 3.13. The Kier molecular flexibility index (Phi) is 6.90. The maximum Gasteiger partial charge on any atom is 0.279 e. The third-order valence-electron chi connectivity index (χ3n) is 4.63. The predicted molar refractivity (Wildman–Crippen MR) is 111 cm³/mol. The molecule has 0 aromatic heterocycles. The van der Waals surface area contributed by atoms with Crippen molar-refractivity contribution in [2.24, 2.45) is 0 Å². The molecular weight excluding hydrogens is 386 g/mol. The first-order chi connectivity index (χ1) is 14.5. The van der Waals surface area contributed by atoms with Crippen molar-refractivity contribution in [3.8, 4) is 11.5 Å². The molecule has 1 heterocycles. The molecule has 1 fully saturated rings. The maximum absolute atomic E-state index is 12.6. The van der Waals surface area contributed by atoms with E-state index in [2.05, 4.69) is 10.9 Å². The lowest BCUT2D eigenvalue weighted by Gasteiger charge is -2.20. The Morgan fingerprint density at radius 1 is 1.07 bits per heavy atom. The van der Waals surface area contributed by atoms with Crippen molar-refractivity contribution in [1.29, 1.82) is 0 Å². The van der Waals surface area contributed by atoms with Gasteiger partial charge in [0.2, 0.25) is 5.91 Å². The molecule has 0 saturated carbocycles. The molecule has 158 valence electrons. The van der Waals surface area contributed by atoms with Crippen LogP contribution in [0.5, 0.6) is 11.5 Å². The van der Waals surface area contributed by atoms with Gasteiger partial charge in [0, 0.05) is 13.0 Å². The Morgan fingerprint density at radius 2 is 1.77 bits per heavy atom. The van der Waals surface area contributed by atoms with Gasteiger partial charge in [-0.1, -0.05) is 12.1 Å². The number of nitrogens with one attached hydrogen (secondary N) is 2. The molecule has 0 bridgehead atoms. The first-order valence-electron chi connectivity index (χ1n) is 9.88. The highest BCUT2D eigenvalue weighted by atomic mass is 16.5. The number of anilines is 1. The van der Waals surface area contributed by atoms with Crippen molar-refractivity contribution in [2.75, 3.05) is 18.1 Å². The van der Waals surface area contributed by atoms with Gasteiger partial charge in [0.05, 0.1) is 17.9 Å². The summed E-state index contributed by atoms with van der Waals surface area (Å²) in [5.41, 5.74) is 5.61. The van der Waals surface area contributed by atoms with Crippen molar-refractivity contribution < 1.29 is 23.9 Å². The Balaban J connectivity index is 1.57. The van der Waals surface area contributed by atoms with Gasteiger partial charge in [0.25, 0.3) is 11.8 Å². The van der Waals surface area contributed by atoms with Gasteiger partial charge in [-0.25, -0.2) is 0 Å². The Morgan fingerprint density at radius 3 is 2.43 bits per heavy atom. The summed E-state index contributed by atoms with van der Waals surface area (Å²) in [7, 11) is 0. The normalized spacial score (nSPS) is 14.2. The molecule has 8 nitrogen and oxygen atoms in total. The van der Waals surface area contributed by atoms with E-state index < -0.39 is 17.9 Å². The quantitative estimate of drug-likeness (QED) is 0.682. The first-order valence-corrected chi connectivity index (χ1v) is 9.88. The van der Waals surface area contributed by atoms with E-state index in [1.807, 2.05) is 6.92 Å². The molecule has 3 rings (SSSR count). The summed E-state index contributed by atoms with van der Waals surface area (Å²) >= 11 is 0. The zero-order valence-corrected chi connectivity index (χ0v) is 17.0. The van der Waals surface area contributed by atoms with Gasteiger partial charge in [0.1, 0.15) is 11.5 Å². The van der Waals surface area contributed by atoms with Crippen molar-refractivity contribution in [2.45, 2.75) is 32.8 Å². The number of hydrazine groups is 1. The molecule has 0 radical (unpaired) electrons. The summed E-state index contributed by atoms with van der Waals surface area (Å²) < 4.78 is 11.0. The molecule has 3 amide bonds. The van der Waals surface area contributed by atoms with E-state index in [0.29, 0.717) is 42.3 Å². The van der Waals surface area contributed by atoms with Gasteiger partial charge in [-0.3, -0.25) is 25.2 Å². The van der Waals surface area contributed by atoms with Crippen LogP contribution in [0.4, 0.5) is 5.69 Å². The van der Waals surface area contributed by atoms with Crippen molar-refractivity contribution >= 4 is 23.4 Å². The standard InChI is InChI=1S/C22H25N3O5/c1-3-29-16-10-12-17(13-11-16)30-15(2)21(27)23-24-22(28)18-7-4-5-8-19(18)25-14-6-9-20(25)26/h4-5,7-8,10-13,15H,3,6,9,14H2,1-2H3,(H,23,27)(H,24,28)/t15-/m0/s1. The van der Waals surface area contributed by atoms with Crippen LogP contribution in [0.15, 0.2) is 48.5 Å². The fraction of sp³-hybridized carbons (Fsp3) is 0.318. The highest BCUT2D eigenvalue weighted by Crippen LogP contribution is 2.25. The summed E-state index contributed by atoms with van der Waals surface area (Å²) in [6.45, 7) is 4.61. The van der Waals surface area contributed by atoms with Gasteiger partial charge >= 0.3 is 0 Å². The summed E-state index contributed by atoms with van der Waals surface area (Å²) in [6, 6.07) is 13.7. The van der Waals surface area contributed by atoms with Crippen LogP contribution in [0.3, 0.4) is 0 Å². The number of amides is 3. The highest BCUT2D eigenvalue weighted by Gasteiger charge is 2.26. The number of hydrogen-bond donors (Lipinski definition) is 2. The lowest BCUT2D eigenvalue weighted by molar-refractivity contribution is -0.128. The average molecular weight is 411 g/mol. The van der Waals surface area contributed by atoms with Crippen LogP contribution in [0.2, 0.25) is 0 Å². The van der Waals surface area contributed by atoms with E-state index in [0.717, 1.165) is 6.42 Å². The van der Waals surface area contributed by atoms with Crippen molar-refractivity contribution in [3.63, 3.8) is 0 Å². The number of carbonyl (C=O) groups excluding carboxylic acids is 3. The van der Waals surface area contributed by atoms with Crippen LogP contribution < -0.4 is 25.2 Å². The summed E-state index contributed by atoms with van der Waals surface area (Å²) in [4.78, 5) is 38.5. The zero-order valence-electron chi connectivity index (χ0n) is 17.0. The third-order valence-corrected chi connectivity index (χ3v) is 4.63. The largest absolute Gasteiger partial charge is 0.494 e. The van der Waals surface area contributed by atoms with Crippen LogP contribution in [-0.2, 0) is 9.59 Å². The average Bonchev–Trinajstić information content (AvgIpc) is 3.19. The van der Waals surface area contributed by atoms with Crippen LogP contribution in [0.25, 0.3) is 0 Å². The van der Waals surface area contributed by atoms with Crippen LogP contribution in [0, 0.1) is 0 Å². The second-order valence-corrected chi connectivity index (χ2v) is 6.77. The molecule has 0 unspecified atom stereocenters. The minimum Gasteiger partial charge on any atom is -0.494 e. The Bertz CT molecular complexity index is 913. The van der Waals surface area contributed by atoms with Gasteiger partial charge in [0.15, 0.2) is 6.10 Å². The van der Waals surface area contributed by atoms with Gasteiger partial charge in [-0.05, 0) is 56.7 Å². The van der Waals surface area contributed by atoms with E-state index in [9.17, 15) is 14.4 Å². The molecule has 0 spiro atoms. The molecule has 1 aliphatic heterocycles. The second kappa shape index (κ2) is 9.78. The number of benzene rings is 2. The molecule has 30 heavy (non-hydrogen) atoms. The minimum atomic E-state index is -0.835. The summed E-state index contributed by atoms with van der Waals surface area (Å²) in [5, 5.41) is 0. The number of hydrogen-bond acceptors (Lipinski definition) is 5. The predicted octanol–water partition coefficient (Wildman–Crippen LogP) is 2.44. The van der Waals surface area contributed by atoms with Gasteiger partial charge in [-0.15, -0.1) is 0 Å². The summed E-state index contributed by atoms with van der Waals surface area (Å²) in [5.74, 6) is 0.185. The lowest BCUT2D eigenvalue weighted by atomic mass is 10.1.